The van der Waals surface area contributed by atoms with Crippen molar-refractivity contribution in [1.82, 2.24) is 0 Å². The predicted octanol–water partition coefficient (Wildman–Crippen LogP) is 1.84. The van der Waals surface area contributed by atoms with E-state index < -0.39 is 0 Å². The highest BCUT2D eigenvalue weighted by molar-refractivity contribution is 8.00. The van der Waals surface area contributed by atoms with Crippen molar-refractivity contribution in [2.24, 2.45) is 5.73 Å². The van der Waals surface area contributed by atoms with Crippen LogP contribution in [0.1, 0.15) is 6.92 Å². The summed E-state index contributed by atoms with van der Waals surface area (Å²) in [6.45, 7) is 2.50. The predicted molar refractivity (Wildman–Crippen MR) is 66.0 cm³/mol. The molecule has 88 valence electrons. The van der Waals surface area contributed by atoms with Crippen LogP contribution in [0.2, 0.25) is 0 Å². The van der Waals surface area contributed by atoms with Gasteiger partial charge in [-0.25, -0.2) is 4.39 Å². The van der Waals surface area contributed by atoms with E-state index in [1.807, 2.05) is 6.92 Å². The van der Waals surface area contributed by atoms with E-state index >= 15 is 0 Å². The lowest BCUT2D eigenvalue weighted by Crippen LogP contribution is -2.19. The molecule has 1 rings (SSSR count). The molecule has 0 radical (unpaired) electrons. The largest absolute Gasteiger partial charge is 0.329 e. The Kier molecular flexibility index (Phi) is 5.28. The Balaban J connectivity index is 2.40. The zero-order valence-corrected chi connectivity index (χ0v) is 9.89. The minimum atomic E-state index is -0.360. The number of hydrogen-bond acceptors (Lipinski definition) is 3. The molecule has 1 aromatic carbocycles. The molecule has 0 saturated heterocycles. The molecule has 3 N–H and O–H groups in total. The van der Waals surface area contributed by atoms with Crippen LogP contribution in [-0.2, 0) is 4.79 Å². The van der Waals surface area contributed by atoms with Crippen molar-refractivity contribution in [3.8, 4) is 0 Å². The van der Waals surface area contributed by atoms with Gasteiger partial charge >= 0.3 is 0 Å². The number of anilines is 1. The fourth-order valence-electron chi connectivity index (χ4n) is 1.05. The average Bonchev–Trinajstić information content (AvgIpc) is 2.26. The van der Waals surface area contributed by atoms with E-state index in [-0.39, 0.29) is 17.0 Å². The van der Waals surface area contributed by atoms with Gasteiger partial charge in [0.25, 0.3) is 0 Å². The number of benzene rings is 1. The Morgan fingerprint density at radius 2 is 2.38 bits per heavy atom. The standard InChI is InChI=1S/C11H15FN2OS/c1-8(6-13)16-7-11(15)14-10-4-2-3-9(12)5-10/h2-5,8H,6-7,13H2,1H3,(H,14,15). The average molecular weight is 242 g/mol. The number of amides is 1. The number of nitrogens with one attached hydrogen (secondary N) is 1. The van der Waals surface area contributed by atoms with Gasteiger partial charge in [0.15, 0.2) is 0 Å². The molecule has 0 aliphatic carbocycles. The molecule has 1 aromatic rings. The highest BCUT2D eigenvalue weighted by atomic mass is 32.2. The molecule has 0 fully saturated rings. The van der Waals surface area contributed by atoms with Crippen LogP contribution in [0.3, 0.4) is 0 Å². The first kappa shape index (κ1) is 13.0. The van der Waals surface area contributed by atoms with Gasteiger partial charge in [-0.2, -0.15) is 0 Å². The molecule has 1 atom stereocenters. The number of halogens is 1. The van der Waals surface area contributed by atoms with Gasteiger partial charge in [0.1, 0.15) is 5.82 Å². The fourth-order valence-corrected chi connectivity index (χ4v) is 1.69. The van der Waals surface area contributed by atoms with E-state index in [1.165, 1.54) is 23.9 Å². The number of carbonyl (C=O) groups is 1. The smallest absolute Gasteiger partial charge is 0.234 e. The molecule has 0 saturated carbocycles. The van der Waals surface area contributed by atoms with Crippen molar-refractivity contribution >= 4 is 23.4 Å². The molecule has 0 bridgehead atoms. The van der Waals surface area contributed by atoms with Crippen LogP contribution < -0.4 is 11.1 Å². The zero-order valence-electron chi connectivity index (χ0n) is 9.07. The van der Waals surface area contributed by atoms with Crippen LogP contribution in [0.4, 0.5) is 10.1 Å². The van der Waals surface area contributed by atoms with Crippen molar-refractivity contribution in [2.45, 2.75) is 12.2 Å². The number of nitrogens with two attached hydrogens (primary N) is 1. The molecular weight excluding hydrogens is 227 g/mol. The Bertz CT molecular complexity index is 360. The lowest BCUT2D eigenvalue weighted by Gasteiger charge is -2.08. The van der Waals surface area contributed by atoms with Gasteiger partial charge in [-0.05, 0) is 18.2 Å². The normalized spacial score (nSPS) is 12.2. The van der Waals surface area contributed by atoms with Gasteiger partial charge in [0.05, 0.1) is 5.75 Å². The Hall–Kier alpha value is -1.07. The lowest BCUT2D eigenvalue weighted by atomic mass is 10.3. The van der Waals surface area contributed by atoms with Crippen LogP contribution in [0.15, 0.2) is 24.3 Å². The SMILES string of the molecule is CC(CN)SCC(=O)Nc1cccc(F)c1. The summed E-state index contributed by atoms with van der Waals surface area (Å²) >= 11 is 1.48. The van der Waals surface area contributed by atoms with Gasteiger partial charge in [-0.15, -0.1) is 11.8 Å². The van der Waals surface area contributed by atoms with E-state index in [9.17, 15) is 9.18 Å². The summed E-state index contributed by atoms with van der Waals surface area (Å²) in [6.07, 6.45) is 0. The van der Waals surface area contributed by atoms with Gasteiger partial charge in [-0.1, -0.05) is 13.0 Å². The van der Waals surface area contributed by atoms with Crippen molar-refractivity contribution in [3.05, 3.63) is 30.1 Å². The van der Waals surface area contributed by atoms with E-state index in [0.29, 0.717) is 18.0 Å². The third kappa shape index (κ3) is 4.63. The number of carbonyl (C=O) groups excluding carboxylic acids is 1. The molecule has 0 spiro atoms. The zero-order chi connectivity index (χ0) is 12.0. The summed E-state index contributed by atoms with van der Waals surface area (Å²) in [5, 5.41) is 2.87. The Morgan fingerprint density at radius 1 is 1.62 bits per heavy atom. The first-order valence-electron chi connectivity index (χ1n) is 4.99. The molecule has 1 amide bonds. The minimum Gasteiger partial charge on any atom is -0.329 e. The van der Waals surface area contributed by atoms with Crippen LogP contribution in [0.25, 0.3) is 0 Å². The molecule has 0 aromatic heterocycles. The van der Waals surface area contributed by atoms with E-state index in [1.54, 1.807) is 12.1 Å². The first-order valence-corrected chi connectivity index (χ1v) is 6.04. The molecule has 3 nitrogen and oxygen atoms in total. The van der Waals surface area contributed by atoms with Crippen LogP contribution in [0, 0.1) is 5.82 Å². The maximum Gasteiger partial charge on any atom is 0.234 e. The lowest BCUT2D eigenvalue weighted by molar-refractivity contribution is -0.113. The summed E-state index contributed by atoms with van der Waals surface area (Å²) in [6, 6.07) is 5.83. The topological polar surface area (TPSA) is 55.1 Å². The Morgan fingerprint density at radius 3 is 3.00 bits per heavy atom. The van der Waals surface area contributed by atoms with Gasteiger partial charge in [0.2, 0.25) is 5.91 Å². The van der Waals surface area contributed by atoms with E-state index in [2.05, 4.69) is 5.32 Å². The quantitative estimate of drug-likeness (QED) is 0.828. The van der Waals surface area contributed by atoms with E-state index in [0.717, 1.165) is 0 Å². The van der Waals surface area contributed by atoms with Crippen molar-refractivity contribution in [1.29, 1.82) is 0 Å². The van der Waals surface area contributed by atoms with Crippen LogP contribution >= 0.6 is 11.8 Å². The molecular formula is C11H15FN2OS. The highest BCUT2D eigenvalue weighted by Gasteiger charge is 2.06. The van der Waals surface area contributed by atoms with Crippen LogP contribution in [0.5, 0.6) is 0 Å². The second-order valence-electron chi connectivity index (χ2n) is 3.42. The van der Waals surface area contributed by atoms with Gasteiger partial charge in [0, 0.05) is 17.5 Å². The third-order valence-electron chi connectivity index (χ3n) is 1.94. The fraction of sp³-hybridized carbons (Fsp3) is 0.364. The highest BCUT2D eigenvalue weighted by Crippen LogP contribution is 2.12. The summed E-state index contributed by atoms with van der Waals surface area (Å²) in [4.78, 5) is 11.4. The second-order valence-corrected chi connectivity index (χ2v) is 4.84. The number of thioether (sulfide) groups is 1. The third-order valence-corrected chi connectivity index (χ3v) is 3.13. The summed E-state index contributed by atoms with van der Waals surface area (Å²) in [5.41, 5.74) is 5.91. The van der Waals surface area contributed by atoms with E-state index in [4.69, 9.17) is 5.73 Å². The maximum atomic E-state index is 12.8. The van der Waals surface area contributed by atoms with Crippen LogP contribution in [-0.4, -0.2) is 23.5 Å². The first-order chi connectivity index (χ1) is 7.61. The molecule has 0 heterocycles. The minimum absolute atomic E-state index is 0.143. The summed E-state index contributed by atoms with van der Waals surface area (Å²) in [7, 11) is 0. The molecule has 1 unspecified atom stereocenters. The molecule has 0 aliphatic heterocycles. The number of hydrogen-bond donors (Lipinski definition) is 2. The van der Waals surface area contributed by atoms with Gasteiger partial charge in [-0.3, -0.25) is 4.79 Å². The summed E-state index contributed by atoms with van der Waals surface area (Å²) < 4.78 is 12.8. The van der Waals surface area contributed by atoms with Crippen molar-refractivity contribution in [3.63, 3.8) is 0 Å². The van der Waals surface area contributed by atoms with Crippen molar-refractivity contribution in [2.75, 3.05) is 17.6 Å². The molecule has 5 heteroatoms. The molecule has 16 heavy (non-hydrogen) atoms. The van der Waals surface area contributed by atoms with Crippen molar-refractivity contribution < 1.29 is 9.18 Å². The second kappa shape index (κ2) is 6.50. The monoisotopic (exact) mass is 242 g/mol. The number of rotatable bonds is 5. The molecule has 0 aliphatic rings. The summed E-state index contributed by atoms with van der Waals surface area (Å²) in [5.74, 6) is -0.175. The van der Waals surface area contributed by atoms with Gasteiger partial charge < -0.3 is 11.1 Å². The Labute approximate surface area is 98.6 Å². The maximum absolute atomic E-state index is 12.8.